The zero-order chi connectivity index (χ0) is 19.3. The van der Waals surface area contributed by atoms with Crippen LogP contribution >= 0.6 is 0 Å². The van der Waals surface area contributed by atoms with Gasteiger partial charge in [0.25, 0.3) is 0 Å². The maximum atomic E-state index is 12.4. The van der Waals surface area contributed by atoms with Crippen LogP contribution < -0.4 is 16.4 Å². The van der Waals surface area contributed by atoms with Gasteiger partial charge in [0.05, 0.1) is 0 Å². The molecule has 26 heavy (non-hydrogen) atoms. The van der Waals surface area contributed by atoms with Crippen molar-refractivity contribution < 1.29 is 9.59 Å². The number of nitrogens with two attached hydrogens (primary N) is 1. The normalized spacial score (nSPS) is 12.3. The lowest BCUT2D eigenvalue weighted by Crippen LogP contribution is -2.27. The number of aryl methyl sites for hydroxylation is 1. The molecule has 0 aliphatic heterocycles. The zero-order valence-corrected chi connectivity index (χ0v) is 15.8. The van der Waals surface area contributed by atoms with Gasteiger partial charge in [-0.3, -0.25) is 9.59 Å². The van der Waals surface area contributed by atoms with Crippen LogP contribution in [0.5, 0.6) is 0 Å². The molecule has 5 nitrogen and oxygen atoms in total. The van der Waals surface area contributed by atoms with Gasteiger partial charge in [-0.05, 0) is 30.2 Å². The maximum Gasteiger partial charge on any atom is 0.229 e. The first-order valence-electron chi connectivity index (χ1n) is 8.69. The zero-order valence-electron chi connectivity index (χ0n) is 15.8. The molecule has 2 aromatic rings. The van der Waals surface area contributed by atoms with Gasteiger partial charge in [-0.25, -0.2) is 0 Å². The fraction of sp³-hybridized carbons (Fsp3) is 0.333. The van der Waals surface area contributed by atoms with Crippen LogP contribution in [0, 0.1) is 12.3 Å². The summed E-state index contributed by atoms with van der Waals surface area (Å²) in [5.74, 6) is -0.242. The van der Waals surface area contributed by atoms with Gasteiger partial charge < -0.3 is 16.4 Å². The lowest BCUT2D eigenvalue weighted by atomic mass is 9.95. The van der Waals surface area contributed by atoms with Gasteiger partial charge in [0.2, 0.25) is 11.8 Å². The Kier molecular flexibility index (Phi) is 6.16. The Morgan fingerprint density at radius 3 is 2.31 bits per heavy atom. The second kappa shape index (κ2) is 8.15. The number of carbonyl (C=O) groups excluding carboxylic acids is 2. The Labute approximate surface area is 155 Å². The minimum absolute atomic E-state index is 0.0790. The van der Waals surface area contributed by atoms with Crippen LogP contribution in [-0.4, -0.2) is 11.8 Å². The largest absolute Gasteiger partial charge is 0.326 e. The second-order valence-electron chi connectivity index (χ2n) is 7.50. The summed E-state index contributed by atoms with van der Waals surface area (Å²) in [4.78, 5) is 24.5. The van der Waals surface area contributed by atoms with E-state index in [4.69, 9.17) is 5.73 Å². The van der Waals surface area contributed by atoms with Crippen LogP contribution in [0.1, 0.15) is 44.4 Å². The molecule has 138 valence electrons. The van der Waals surface area contributed by atoms with Gasteiger partial charge in [0, 0.05) is 29.3 Å². The van der Waals surface area contributed by atoms with Crippen molar-refractivity contribution in [3.63, 3.8) is 0 Å². The standard InChI is InChI=1S/C21H27N3O2/c1-14-10-11-16(23-20(26)21(2,3)4)12-18(14)24-19(25)13-17(22)15-8-6-5-7-9-15/h5-12,17H,13,22H2,1-4H3,(H,23,26)(H,24,25). The summed E-state index contributed by atoms with van der Waals surface area (Å²) >= 11 is 0. The average molecular weight is 353 g/mol. The molecular weight excluding hydrogens is 326 g/mol. The smallest absolute Gasteiger partial charge is 0.229 e. The first kappa shape index (κ1) is 19.7. The third kappa shape index (κ3) is 5.43. The first-order valence-corrected chi connectivity index (χ1v) is 8.69. The minimum Gasteiger partial charge on any atom is -0.326 e. The molecule has 2 aromatic carbocycles. The minimum atomic E-state index is -0.489. The predicted molar refractivity (Wildman–Crippen MR) is 106 cm³/mol. The Balaban J connectivity index is 2.05. The van der Waals surface area contributed by atoms with Crippen molar-refractivity contribution in [2.45, 2.75) is 40.2 Å². The molecule has 0 aromatic heterocycles. The maximum absolute atomic E-state index is 12.4. The highest BCUT2D eigenvalue weighted by atomic mass is 16.2. The van der Waals surface area contributed by atoms with Crippen LogP contribution in [0.4, 0.5) is 11.4 Å². The van der Waals surface area contributed by atoms with E-state index >= 15 is 0 Å². The van der Waals surface area contributed by atoms with Crippen molar-refractivity contribution in [1.82, 2.24) is 0 Å². The number of anilines is 2. The SMILES string of the molecule is Cc1ccc(NC(=O)C(C)(C)C)cc1NC(=O)CC(N)c1ccccc1. The predicted octanol–water partition coefficient (Wildman–Crippen LogP) is 4.01. The van der Waals surface area contributed by atoms with Gasteiger partial charge in [-0.1, -0.05) is 57.2 Å². The van der Waals surface area contributed by atoms with Gasteiger partial charge in [-0.2, -0.15) is 0 Å². The summed E-state index contributed by atoms with van der Waals surface area (Å²) in [5, 5.41) is 5.77. The molecule has 5 heteroatoms. The number of nitrogens with one attached hydrogen (secondary N) is 2. The molecule has 0 saturated heterocycles. The topological polar surface area (TPSA) is 84.2 Å². The van der Waals surface area contributed by atoms with E-state index in [1.54, 1.807) is 6.07 Å². The number of hydrogen-bond donors (Lipinski definition) is 3. The van der Waals surface area contributed by atoms with E-state index in [1.165, 1.54) is 0 Å². The van der Waals surface area contributed by atoms with Crippen molar-refractivity contribution in [1.29, 1.82) is 0 Å². The average Bonchev–Trinajstić information content (AvgIpc) is 2.57. The number of rotatable bonds is 5. The summed E-state index contributed by atoms with van der Waals surface area (Å²) in [6.07, 6.45) is 0.183. The fourth-order valence-corrected chi connectivity index (χ4v) is 2.37. The third-order valence-corrected chi connectivity index (χ3v) is 4.08. The Hall–Kier alpha value is -2.66. The molecular formula is C21H27N3O2. The summed E-state index contributed by atoms with van der Waals surface area (Å²) in [7, 11) is 0. The van der Waals surface area contributed by atoms with Crippen LogP contribution in [0.2, 0.25) is 0 Å². The van der Waals surface area contributed by atoms with Gasteiger partial charge in [0.1, 0.15) is 0 Å². The molecule has 0 saturated carbocycles. The molecule has 0 fully saturated rings. The molecule has 1 atom stereocenters. The van der Waals surface area contributed by atoms with E-state index < -0.39 is 5.41 Å². The molecule has 0 aliphatic rings. The molecule has 2 amide bonds. The van der Waals surface area contributed by atoms with Gasteiger partial charge in [0.15, 0.2) is 0 Å². The molecule has 0 spiro atoms. The highest BCUT2D eigenvalue weighted by molar-refractivity contribution is 5.96. The van der Waals surface area contributed by atoms with E-state index in [0.29, 0.717) is 11.4 Å². The highest BCUT2D eigenvalue weighted by Gasteiger charge is 2.21. The van der Waals surface area contributed by atoms with E-state index in [1.807, 2.05) is 70.2 Å². The molecule has 1 unspecified atom stereocenters. The summed E-state index contributed by atoms with van der Waals surface area (Å²) in [6.45, 7) is 7.46. The van der Waals surface area contributed by atoms with Gasteiger partial charge >= 0.3 is 0 Å². The highest BCUT2D eigenvalue weighted by Crippen LogP contribution is 2.24. The summed E-state index contributed by atoms with van der Waals surface area (Å²) in [6, 6.07) is 14.6. The van der Waals surface area contributed by atoms with Crippen molar-refractivity contribution in [2.75, 3.05) is 10.6 Å². The van der Waals surface area contributed by atoms with Crippen LogP contribution in [0.25, 0.3) is 0 Å². The first-order chi connectivity index (χ1) is 12.2. The van der Waals surface area contributed by atoms with E-state index in [-0.39, 0.29) is 24.3 Å². The van der Waals surface area contributed by atoms with Crippen LogP contribution in [0.15, 0.2) is 48.5 Å². The Morgan fingerprint density at radius 1 is 1.04 bits per heavy atom. The Bertz CT molecular complexity index is 780. The van der Waals surface area contributed by atoms with E-state index in [0.717, 1.165) is 11.1 Å². The second-order valence-corrected chi connectivity index (χ2v) is 7.50. The van der Waals surface area contributed by atoms with Crippen molar-refractivity contribution in [2.24, 2.45) is 11.1 Å². The van der Waals surface area contributed by atoms with Gasteiger partial charge in [-0.15, -0.1) is 0 Å². The summed E-state index contributed by atoms with van der Waals surface area (Å²) < 4.78 is 0. The number of benzene rings is 2. The molecule has 0 heterocycles. The number of hydrogen-bond acceptors (Lipinski definition) is 3. The Morgan fingerprint density at radius 2 is 1.69 bits per heavy atom. The van der Waals surface area contributed by atoms with E-state index in [2.05, 4.69) is 10.6 Å². The molecule has 2 rings (SSSR count). The molecule has 0 aliphatic carbocycles. The number of amides is 2. The molecule has 0 radical (unpaired) electrons. The quantitative estimate of drug-likeness (QED) is 0.759. The third-order valence-electron chi connectivity index (χ3n) is 4.08. The van der Waals surface area contributed by atoms with Crippen LogP contribution in [0.3, 0.4) is 0 Å². The van der Waals surface area contributed by atoms with E-state index in [9.17, 15) is 9.59 Å². The lowest BCUT2D eigenvalue weighted by molar-refractivity contribution is -0.123. The van der Waals surface area contributed by atoms with Crippen LogP contribution in [-0.2, 0) is 9.59 Å². The monoisotopic (exact) mass is 353 g/mol. The number of carbonyl (C=O) groups is 2. The fourth-order valence-electron chi connectivity index (χ4n) is 2.37. The van der Waals surface area contributed by atoms with Crippen molar-refractivity contribution >= 4 is 23.2 Å². The molecule has 4 N–H and O–H groups in total. The lowest BCUT2D eigenvalue weighted by Gasteiger charge is -2.19. The summed E-state index contributed by atoms with van der Waals surface area (Å²) in [5.41, 5.74) is 8.78. The van der Waals surface area contributed by atoms with Crippen molar-refractivity contribution in [3.05, 3.63) is 59.7 Å². The van der Waals surface area contributed by atoms with Crippen molar-refractivity contribution in [3.8, 4) is 0 Å². The molecule has 0 bridgehead atoms.